The van der Waals surface area contributed by atoms with Crippen LogP contribution >= 0.6 is 11.3 Å². The lowest BCUT2D eigenvalue weighted by molar-refractivity contribution is -0.384. The predicted molar refractivity (Wildman–Crippen MR) is 96.2 cm³/mol. The normalized spacial score (nSPS) is 11.7. The van der Waals surface area contributed by atoms with Crippen molar-refractivity contribution in [3.05, 3.63) is 51.1 Å². The summed E-state index contributed by atoms with van der Waals surface area (Å²) in [4.78, 5) is 39.1. The van der Waals surface area contributed by atoms with Crippen LogP contribution in [0.25, 0.3) is 10.2 Å². The van der Waals surface area contributed by atoms with Gasteiger partial charge in [-0.15, -0.1) is 0 Å². The number of esters is 1. The zero-order valence-electron chi connectivity index (χ0n) is 14.5. The average Bonchev–Trinajstić information content (AvgIpc) is 3.19. The highest BCUT2D eigenvalue weighted by molar-refractivity contribution is 7.16. The third kappa shape index (κ3) is 3.92. The van der Waals surface area contributed by atoms with Crippen LogP contribution in [0.3, 0.4) is 0 Å². The highest BCUT2D eigenvalue weighted by atomic mass is 32.1. The van der Waals surface area contributed by atoms with Gasteiger partial charge < -0.3 is 9.30 Å². The van der Waals surface area contributed by atoms with Crippen molar-refractivity contribution < 1.29 is 19.2 Å². The van der Waals surface area contributed by atoms with Gasteiger partial charge in [0.15, 0.2) is 10.5 Å². The Balaban J connectivity index is 2.13. The first kappa shape index (κ1) is 18.5. The zero-order valence-corrected chi connectivity index (χ0v) is 15.3. The monoisotopic (exact) mass is 389 g/mol. The fourth-order valence-electron chi connectivity index (χ4n) is 2.42. The molecule has 0 aliphatic rings. The standard InChI is InChI=1S/C16H15N5O5S/c1-3-26-14(22)9-20-12-5-4-10(21(24)25)8-13(12)27-16(20)17-15(23)11-6-7-19(2)18-11/h4-8H,3,9H2,1-2H3. The number of hydrogen-bond acceptors (Lipinski definition) is 7. The van der Waals surface area contributed by atoms with Crippen LogP contribution in [0.4, 0.5) is 5.69 Å². The van der Waals surface area contributed by atoms with Crippen LogP contribution in [0.1, 0.15) is 17.4 Å². The molecule has 0 aliphatic carbocycles. The molecule has 1 aromatic carbocycles. The molecule has 3 rings (SSSR count). The number of carbonyl (C=O) groups excluding carboxylic acids is 2. The van der Waals surface area contributed by atoms with E-state index >= 15 is 0 Å². The summed E-state index contributed by atoms with van der Waals surface area (Å²) in [6.07, 6.45) is 1.61. The maximum atomic E-state index is 12.4. The number of fused-ring (bicyclic) bond motifs is 1. The van der Waals surface area contributed by atoms with Crippen molar-refractivity contribution in [3.8, 4) is 0 Å². The van der Waals surface area contributed by atoms with Crippen molar-refractivity contribution >= 4 is 39.1 Å². The average molecular weight is 389 g/mol. The second-order valence-electron chi connectivity index (χ2n) is 5.48. The summed E-state index contributed by atoms with van der Waals surface area (Å²) in [7, 11) is 1.68. The summed E-state index contributed by atoms with van der Waals surface area (Å²) >= 11 is 1.07. The molecule has 2 heterocycles. The van der Waals surface area contributed by atoms with E-state index in [2.05, 4.69) is 10.1 Å². The highest BCUT2D eigenvalue weighted by Crippen LogP contribution is 2.23. The van der Waals surface area contributed by atoms with Crippen LogP contribution in [-0.4, -0.2) is 37.8 Å². The van der Waals surface area contributed by atoms with Gasteiger partial charge in [-0.1, -0.05) is 11.3 Å². The van der Waals surface area contributed by atoms with E-state index in [4.69, 9.17) is 4.74 Å². The molecule has 140 valence electrons. The number of nitro benzene ring substituents is 1. The number of amides is 1. The first-order valence-corrected chi connectivity index (χ1v) is 8.72. The van der Waals surface area contributed by atoms with E-state index in [-0.39, 0.29) is 29.3 Å². The number of nitro groups is 1. The van der Waals surface area contributed by atoms with Crippen molar-refractivity contribution in [1.29, 1.82) is 0 Å². The molecule has 1 amide bonds. The molecule has 0 bridgehead atoms. The number of hydrogen-bond donors (Lipinski definition) is 0. The lowest BCUT2D eigenvalue weighted by atomic mass is 10.3. The number of aromatic nitrogens is 3. The van der Waals surface area contributed by atoms with E-state index in [9.17, 15) is 19.7 Å². The number of aryl methyl sites for hydroxylation is 1. The molecule has 0 aliphatic heterocycles. The number of non-ortho nitro benzene ring substituents is 1. The van der Waals surface area contributed by atoms with Gasteiger partial charge in [0.2, 0.25) is 0 Å². The van der Waals surface area contributed by atoms with Gasteiger partial charge in [0.1, 0.15) is 6.54 Å². The van der Waals surface area contributed by atoms with Crippen molar-refractivity contribution in [1.82, 2.24) is 14.3 Å². The van der Waals surface area contributed by atoms with Crippen LogP contribution in [0.2, 0.25) is 0 Å². The summed E-state index contributed by atoms with van der Waals surface area (Å²) < 4.78 is 8.48. The molecule has 2 aromatic heterocycles. The Morgan fingerprint density at radius 3 is 2.78 bits per heavy atom. The highest BCUT2D eigenvalue weighted by Gasteiger charge is 2.16. The number of nitrogens with zero attached hydrogens (tertiary/aromatic N) is 5. The Morgan fingerprint density at radius 2 is 2.15 bits per heavy atom. The molecule has 0 atom stereocenters. The van der Waals surface area contributed by atoms with Gasteiger partial charge in [0.05, 0.1) is 21.7 Å². The minimum atomic E-state index is -0.575. The number of benzene rings is 1. The summed E-state index contributed by atoms with van der Waals surface area (Å²) in [6, 6.07) is 5.76. The fourth-order valence-corrected chi connectivity index (χ4v) is 3.48. The largest absolute Gasteiger partial charge is 0.465 e. The predicted octanol–water partition coefficient (Wildman–Crippen LogP) is 1.65. The smallest absolute Gasteiger partial charge is 0.326 e. The zero-order chi connectivity index (χ0) is 19.6. The minimum absolute atomic E-state index is 0.0883. The van der Waals surface area contributed by atoms with Gasteiger partial charge in [0.25, 0.3) is 11.6 Å². The number of thiazole rings is 1. The van der Waals surface area contributed by atoms with Crippen LogP contribution in [-0.2, 0) is 23.1 Å². The Kier molecular flexibility index (Phi) is 5.12. The van der Waals surface area contributed by atoms with Gasteiger partial charge >= 0.3 is 5.97 Å². The topological polar surface area (TPSA) is 122 Å². The van der Waals surface area contributed by atoms with Gasteiger partial charge in [-0.25, -0.2) is 0 Å². The lowest BCUT2D eigenvalue weighted by Crippen LogP contribution is -2.23. The first-order chi connectivity index (χ1) is 12.9. The van der Waals surface area contributed by atoms with Gasteiger partial charge in [-0.05, 0) is 19.1 Å². The van der Waals surface area contributed by atoms with Crippen molar-refractivity contribution in [2.45, 2.75) is 13.5 Å². The summed E-state index contributed by atoms with van der Waals surface area (Å²) in [5.74, 6) is -1.07. The Bertz CT molecular complexity index is 1110. The summed E-state index contributed by atoms with van der Waals surface area (Å²) in [5.41, 5.74) is 0.615. The minimum Gasteiger partial charge on any atom is -0.465 e. The molecule has 0 radical (unpaired) electrons. The third-order valence-electron chi connectivity index (χ3n) is 3.60. The summed E-state index contributed by atoms with van der Waals surface area (Å²) in [5, 5.41) is 15.0. The Hall–Kier alpha value is -3.34. The van der Waals surface area contributed by atoms with Gasteiger partial charge in [0, 0.05) is 25.4 Å². The second-order valence-corrected chi connectivity index (χ2v) is 6.49. The van der Waals surface area contributed by atoms with E-state index < -0.39 is 16.8 Å². The molecular formula is C16H15N5O5S. The van der Waals surface area contributed by atoms with Crippen molar-refractivity contribution in [3.63, 3.8) is 0 Å². The fraction of sp³-hybridized carbons (Fsp3) is 0.250. The quantitative estimate of drug-likeness (QED) is 0.371. The Morgan fingerprint density at radius 1 is 1.37 bits per heavy atom. The molecule has 0 spiro atoms. The van der Waals surface area contributed by atoms with Crippen LogP contribution in [0.15, 0.2) is 35.5 Å². The SMILES string of the molecule is CCOC(=O)Cn1c(=NC(=O)c2ccn(C)n2)sc2cc([N+](=O)[O-])ccc21. The summed E-state index contributed by atoms with van der Waals surface area (Å²) in [6.45, 7) is 1.74. The first-order valence-electron chi connectivity index (χ1n) is 7.91. The molecule has 0 saturated carbocycles. The van der Waals surface area contributed by atoms with Gasteiger partial charge in [-0.3, -0.25) is 24.4 Å². The van der Waals surface area contributed by atoms with Gasteiger partial charge in [-0.2, -0.15) is 10.1 Å². The number of rotatable bonds is 5. The van der Waals surface area contributed by atoms with Crippen molar-refractivity contribution in [2.24, 2.45) is 12.0 Å². The molecule has 3 aromatic rings. The lowest BCUT2D eigenvalue weighted by Gasteiger charge is -2.04. The Labute approximate surface area is 156 Å². The maximum Gasteiger partial charge on any atom is 0.326 e. The number of carbonyl (C=O) groups is 2. The van der Waals surface area contributed by atoms with E-state index in [1.165, 1.54) is 33.5 Å². The molecule has 0 N–H and O–H groups in total. The maximum absolute atomic E-state index is 12.4. The van der Waals surface area contributed by atoms with Crippen LogP contribution < -0.4 is 4.80 Å². The molecule has 11 heteroatoms. The molecule has 10 nitrogen and oxygen atoms in total. The van der Waals surface area contributed by atoms with Crippen molar-refractivity contribution in [2.75, 3.05) is 6.61 Å². The molecule has 0 saturated heterocycles. The molecule has 27 heavy (non-hydrogen) atoms. The van der Waals surface area contributed by atoms with E-state index in [0.717, 1.165) is 11.3 Å². The van der Waals surface area contributed by atoms with E-state index in [0.29, 0.717) is 10.2 Å². The van der Waals surface area contributed by atoms with E-state index in [1.807, 2.05) is 0 Å². The van der Waals surface area contributed by atoms with Crippen LogP contribution in [0, 0.1) is 10.1 Å². The third-order valence-corrected chi connectivity index (χ3v) is 4.64. The molecule has 0 fully saturated rings. The molecular weight excluding hydrogens is 374 g/mol. The van der Waals surface area contributed by atoms with Crippen LogP contribution in [0.5, 0.6) is 0 Å². The van der Waals surface area contributed by atoms with E-state index in [1.54, 1.807) is 20.2 Å². The number of ether oxygens (including phenoxy) is 1. The second kappa shape index (κ2) is 7.50. The molecule has 0 unspecified atom stereocenters.